The fourth-order valence-corrected chi connectivity index (χ4v) is 4.52. The van der Waals surface area contributed by atoms with Crippen LogP contribution in [0.15, 0.2) is 0 Å². The fraction of sp³-hybridized carbons (Fsp3) is 0.600. The van der Waals surface area contributed by atoms with Gasteiger partial charge in [0.05, 0.1) is 12.2 Å². The second-order valence-electron chi connectivity index (χ2n) is 7.86. The molecule has 7 heteroatoms. The van der Waals surface area contributed by atoms with Gasteiger partial charge < -0.3 is 10.3 Å². The van der Waals surface area contributed by atoms with Crippen LogP contribution in [0.5, 0.6) is 0 Å². The van der Waals surface area contributed by atoms with E-state index in [2.05, 4.69) is 17.2 Å². The first-order chi connectivity index (χ1) is 12.7. The molecule has 0 unspecified atom stereocenters. The topological polar surface area (TPSA) is 99.3 Å². The molecule has 0 radical (unpaired) electrons. The summed E-state index contributed by atoms with van der Waals surface area (Å²) in [5.74, 6) is -0.207. The minimum absolute atomic E-state index is 0.123. The van der Waals surface area contributed by atoms with Crippen LogP contribution in [0.25, 0.3) is 0 Å². The van der Waals surface area contributed by atoms with Gasteiger partial charge in [0, 0.05) is 11.3 Å². The summed E-state index contributed by atoms with van der Waals surface area (Å²) in [7, 11) is 0. The quantitative estimate of drug-likeness (QED) is 0.612. The molecule has 2 aliphatic rings. The molecule has 2 heterocycles. The molecule has 7 nitrogen and oxygen atoms in total. The molecule has 27 heavy (non-hydrogen) atoms. The Hall–Kier alpha value is -2.44. The molecule has 2 N–H and O–H groups in total. The number of imide groups is 1. The first-order valence-corrected chi connectivity index (χ1v) is 9.57. The summed E-state index contributed by atoms with van der Waals surface area (Å²) < 4.78 is 0. The SMILES string of the molecule is CCC1CCC2(CC1)NC(=O)N(CC(=O)c1[nH]c(C)c(C(C)=O)c1C)C2=O. The number of nitrogens with zero attached hydrogens (tertiary/aromatic N) is 1. The molecule has 2 fully saturated rings. The first kappa shape index (κ1) is 19.3. The van der Waals surface area contributed by atoms with Gasteiger partial charge >= 0.3 is 6.03 Å². The molecule has 3 rings (SSSR count). The van der Waals surface area contributed by atoms with Gasteiger partial charge in [-0.15, -0.1) is 0 Å². The minimum Gasteiger partial charge on any atom is -0.355 e. The lowest BCUT2D eigenvalue weighted by Gasteiger charge is -2.34. The summed E-state index contributed by atoms with van der Waals surface area (Å²) in [4.78, 5) is 53.9. The Morgan fingerprint density at radius 1 is 1.19 bits per heavy atom. The van der Waals surface area contributed by atoms with Crippen molar-refractivity contribution in [2.45, 2.75) is 65.3 Å². The molecular weight excluding hydrogens is 346 g/mol. The lowest BCUT2D eigenvalue weighted by Crippen LogP contribution is -2.49. The van der Waals surface area contributed by atoms with Crippen LogP contribution in [-0.4, -0.2) is 45.5 Å². The van der Waals surface area contributed by atoms with Gasteiger partial charge in [-0.2, -0.15) is 0 Å². The average Bonchev–Trinajstić information content (AvgIpc) is 3.04. The highest BCUT2D eigenvalue weighted by Crippen LogP contribution is 2.37. The van der Waals surface area contributed by atoms with Crippen molar-refractivity contribution in [1.29, 1.82) is 0 Å². The van der Waals surface area contributed by atoms with Crippen molar-refractivity contribution in [1.82, 2.24) is 15.2 Å². The third kappa shape index (κ3) is 3.19. The zero-order chi connectivity index (χ0) is 19.9. The number of rotatable bonds is 5. The number of hydrogen-bond donors (Lipinski definition) is 2. The van der Waals surface area contributed by atoms with Gasteiger partial charge in [0.15, 0.2) is 11.6 Å². The summed E-state index contributed by atoms with van der Waals surface area (Å²) >= 11 is 0. The van der Waals surface area contributed by atoms with Crippen LogP contribution in [0.1, 0.15) is 78.1 Å². The number of carbonyl (C=O) groups excluding carboxylic acids is 4. The van der Waals surface area contributed by atoms with Crippen molar-refractivity contribution in [3.63, 3.8) is 0 Å². The van der Waals surface area contributed by atoms with E-state index < -0.39 is 11.6 Å². The fourth-order valence-electron chi connectivity index (χ4n) is 4.52. The molecule has 1 aromatic heterocycles. The van der Waals surface area contributed by atoms with Gasteiger partial charge in [0.1, 0.15) is 5.54 Å². The second kappa shape index (κ2) is 6.94. The van der Waals surface area contributed by atoms with Crippen molar-refractivity contribution >= 4 is 23.5 Å². The molecule has 1 spiro atoms. The van der Waals surface area contributed by atoms with E-state index in [4.69, 9.17) is 0 Å². The van der Waals surface area contributed by atoms with E-state index >= 15 is 0 Å². The summed E-state index contributed by atoms with van der Waals surface area (Å²) in [6.45, 7) is 6.70. The summed E-state index contributed by atoms with van der Waals surface area (Å²) in [5, 5.41) is 2.84. The number of urea groups is 1. The van der Waals surface area contributed by atoms with E-state index in [1.54, 1.807) is 13.8 Å². The van der Waals surface area contributed by atoms with Crippen molar-refractivity contribution in [2.24, 2.45) is 5.92 Å². The van der Waals surface area contributed by atoms with Crippen LogP contribution in [0.3, 0.4) is 0 Å². The lowest BCUT2D eigenvalue weighted by molar-refractivity contribution is -0.132. The van der Waals surface area contributed by atoms with Gasteiger partial charge in [-0.3, -0.25) is 19.3 Å². The highest BCUT2D eigenvalue weighted by atomic mass is 16.2. The van der Waals surface area contributed by atoms with E-state index in [1.807, 2.05) is 0 Å². The Kier molecular flexibility index (Phi) is 4.97. The zero-order valence-corrected chi connectivity index (χ0v) is 16.4. The average molecular weight is 373 g/mol. The molecule has 0 atom stereocenters. The molecule has 1 aromatic rings. The van der Waals surface area contributed by atoms with Gasteiger partial charge in [-0.05, 0) is 57.9 Å². The number of hydrogen-bond acceptors (Lipinski definition) is 4. The van der Waals surface area contributed by atoms with E-state index in [0.29, 0.717) is 35.6 Å². The largest absolute Gasteiger partial charge is 0.355 e. The van der Waals surface area contributed by atoms with Crippen LogP contribution >= 0.6 is 0 Å². The van der Waals surface area contributed by atoms with Gasteiger partial charge in [-0.25, -0.2) is 4.79 Å². The summed E-state index contributed by atoms with van der Waals surface area (Å²) in [6, 6.07) is -0.504. The molecule has 146 valence electrons. The smallest absolute Gasteiger partial charge is 0.325 e. The molecule has 1 aliphatic heterocycles. The van der Waals surface area contributed by atoms with E-state index in [0.717, 1.165) is 24.2 Å². The maximum absolute atomic E-state index is 12.9. The normalized spacial score (nSPS) is 25.2. The molecule has 1 saturated carbocycles. The maximum atomic E-state index is 12.9. The van der Waals surface area contributed by atoms with Crippen molar-refractivity contribution in [3.8, 4) is 0 Å². The molecule has 3 amide bonds. The zero-order valence-electron chi connectivity index (χ0n) is 16.4. The van der Waals surface area contributed by atoms with Gasteiger partial charge in [-0.1, -0.05) is 13.3 Å². The number of amides is 3. The van der Waals surface area contributed by atoms with Crippen LogP contribution < -0.4 is 5.32 Å². The van der Waals surface area contributed by atoms with Crippen molar-refractivity contribution < 1.29 is 19.2 Å². The Balaban J connectivity index is 1.77. The van der Waals surface area contributed by atoms with Crippen molar-refractivity contribution in [3.05, 3.63) is 22.5 Å². The summed E-state index contributed by atoms with van der Waals surface area (Å²) in [6.07, 6.45) is 4.12. The molecular formula is C20H27N3O4. The second-order valence-corrected chi connectivity index (χ2v) is 7.86. The van der Waals surface area contributed by atoms with Crippen LogP contribution in [0.4, 0.5) is 4.79 Å². The number of ketones is 2. The predicted molar refractivity (Wildman–Crippen MR) is 99.8 cm³/mol. The number of carbonyl (C=O) groups is 4. The third-order valence-corrected chi connectivity index (χ3v) is 6.15. The number of nitrogens with one attached hydrogen (secondary N) is 2. The van der Waals surface area contributed by atoms with Crippen molar-refractivity contribution in [2.75, 3.05) is 6.54 Å². The third-order valence-electron chi connectivity index (χ3n) is 6.15. The first-order valence-electron chi connectivity index (χ1n) is 9.57. The number of Topliss-reactive ketones (excluding diaryl/α,β-unsaturated/α-hetero) is 2. The van der Waals surface area contributed by atoms with Crippen LogP contribution in [-0.2, 0) is 4.79 Å². The van der Waals surface area contributed by atoms with E-state index in [9.17, 15) is 19.2 Å². The van der Waals surface area contributed by atoms with Gasteiger partial charge in [0.25, 0.3) is 5.91 Å². The highest BCUT2D eigenvalue weighted by molar-refractivity contribution is 6.12. The van der Waals surface area contributed by atoms with E-state index in [1.165, 1.54) is 6.92 Å². The number of aromatic amines is 1. The molecule has 0 bridgehead atoms. The predicted octanol–water partition coefficient (Wildman–Crippen LogP) is 2.91. The highest BCUT2D eigenvalue weighted by Gasteiger charge is 2.52. The Labute approximate surface area is 158 Å². The monoisotopic (exact) mass is 373 g/mol. The maximum Gasteiger partial charge on any atom is 0.325 e. The number of aryl methyl sites for hydroxylation is 1. The van der Waals surface area contributed by atoms with Gasteiger partial charge in [0.2, 0.25) is 0 Å². The Bertz CT molecular complexity index is 815. The molecule has 0 aromatic carbocycles. The van der Waals surface area contributed by atoms with Crippen LogP contribution in [0.2, 0.25) is 0 Å². The minimum atomic E-state index is -0.853. The number of H-pyrrole nitrogens is 1. The van der Waals surface area contributed by atoms with E-state index in [-0.39, 0.29) is 29.7 Å². The standard InChI is InChI=1S/C20H27N3O4/c1-5-14-6-8-20(9-7-14)18(26)23(19(27)22-20)10-15(25)17-11(2)16(13(4)24)12(3)21-17/h14,21H,5-10H2,1-4H3,(H,22,27). The Morgan fingerprint density at radius 3 is 2.33 bits per heavy atom. The molecule has 1 saturated heterocycles. The lowest BCUT2D eigenvalue weighted by atomic mass is 9.75. The number of aromatic nitrogens is 1. The molecule has 1 aliphatic carbocycles. The van der Waals surface area contributed by atoms with Crippen LogP contribution in [0, 0.1) is 19.8 Å². The summed E-state index contributed by atoms with van der Waals surface area (Å²) in [5.41, 5.74) is 1.11. The Morgan fingerprint density at radius 2 is 1.81 bits per heavy atom.